The first-order valence-electron chi connectivity index (χ1n) is 4.88. The third kappa shape index (κ3) is 6.79. The molecule has 0 saturated carbocycles. The van der Waals surface area contributed by atoms with E-state index in [1.54, 1.807) is 0 Å². The van der Waals surface area contributed by atoms with Crippen molar-refractivity contribution in [3.8, 4) is 37.0 Å². The quantitative estimate of drug-likeness (QED) is 0.392. The van der Waals surface area contributed by atoms with Crippen molar-refractivity contribution >= 4 is 13.6 Å². The second kappa shape index (κ2) is 8.40. The molecule has 0 bridgehead atoms. The molecule has 0 saturated heterocycles. The molecule has 0 aliphatic heterocycles. The van der Waals surface area contributed by atoms with Gasteiger partial charge in [0.25, 0.3) is 0 Å². The van der Waals surface area contributed by atoms with Gasteiger partial charge in [0, 0.05) is 0 Å². The number of carbonyl (C=O) groups is 1. The van der Waals surface area contributed by atoms with Crippen LogP contribution in [0.3, 0.4) is 0 Å². The van der Waals surface area contributed by atoms with E-state index in [9.17, 15) is 9.36 Å². The molecule has 1 atom stereocenters. The summed E-state index contributed by atoms with van der Waals surface area (Å²) in [4.78, 5) is 11.4. The molecule has 6 heteroatoms. The molecule has 5 nitrogen and oxygen atoms in total. The molecule has 0 aromatic rings. The van der Waals surface area contributed by atoms with Gasteiger partial charge in [-0.3, -0.25) is 18.4 Å². The summed E-state index contributed by atoms with van der Waals surface area (Å²) in [7, 11) is -3.70. The second-order valence-electron chi connectivity index (χ2n) is 3.02. The van der Waals surface area contributed by atoms with E-state index in [0.29, 0.717) is 0 Å². The Morgan fingerprint density at radius 2 is 1.72 bits per heavy atom. The Hall–Kier alpha value is -1.70. The number of rotatable bonds is 7. The summed E-state index contributed by atoms with van der Waals surface area (Å²) in [5.41, 5.74) is 0. The van der Waals surface area contributed by atoms with Crippen molar-refractivity contribution in [2.75, 3.05) is 19.4 Å². The van der Waals surface area contributed by atoms with Crippen molar-refractivity contribution in [1.82, 2.24) is 0 Å². The van der Waals surface area contributed by atoms with E-state index in [-0.39, 0.29) is 13.2 Å². The predicted molar refractivity (Wildman–Crippen MR) is 66.4 cm³/mol. The highest BCUT2D eigenvalue weighted by atomic mass is 31.2. The van der Waals surface area contributed by atoms with Crippen molar-refractivity contribution < 1.29 is 23.1 Å². The van der Waals surface area contributed by atoms with E-state index in [1.807, 2.05) is 0 Å². The third-order valence-corrected chi connectivity index (χ3v) is 3.25. The standard InChI is InChI=1S/C12H13O5P/c1-5-8-15-18(14,16-9-6-2)10-12(13)17-11(4)7-3/h1-3,11H,8-10H2,4H3. The van der Waals surface area contributed by atoms with Crippen LogP contribution in [0, 0.1) is 37.0 Å². The zero-order valence-electron chi connectivity index (χ0n) is 9.92. The molecule has 0 fully saturated rings. The Morgan fingerprint density at radius 1 is 1.22 bits per heavy atom. The summed E-state index contributed by atoms with van der Waals surface area (Å²) < 4.78 is 26.4. The molecular weight excluding hydrogens is 255 g/mol. The highest BCUT2D eigenvalue weighted by Gasteiger charge is 2.29. The van der Waals surface area contributed by atoms with Crippen molar-refractivity contribution in [2.45, 2.75) is 13.0 Å². The van der Waals surface area contributed by atoms with Gasteiger partial charge in [-0.15, -0.1) is 19.3 Å². The minimum Gasteiger partial charge on any atom is -0.449 e. The summed E-state index contributed by atoms with van der Waals surface area (Å²) in [6.07, 6.45) is 13.6. The van der Waals surface area contributed by atoms with E-state index in [4.69, 9.17) is 33.1 Å². The lowest BCUT2D eigenvalue weighted by Gasteiger charge is -2.16. The van der Waals surface area contributed by atoms with Crippen LogP contribution in [0.4, 0.5) is 0 Å². The maximum atomic E-state index is 12.0. The maximum absolute atomic E-state index is 12.0. The number of carbonyl (C=O) groups excluding carboxylic acids is 1. The largest absolute Gasteiger partial charge is 0.449 e. The summed E-state index contributed by atoms with van der Waals surface area (Å²) in [5.74, 6) is 5.61. The highest BCUT2D eigenvalue weighted by molar-refractivity contribution is 7.54. The Bertz CT molecular complexity index is 427. The normalized spacial score (nSPS) is 11.7. The molecule has 0 aliphatic carbocycles. The summed E-state index contributed by atoms with van der Waals surface area (Å²) in [6.45, 7) is 0.965. The van der Waals surface area contributed by atoms with Gasteiger partial charge in [-0.1, -0.05) is 17.8 Å². The van der Waals surface area contributed by atoms with E-state index in [2.05, 4.69) is 17.8 Å². The molecule has 1 unspecified atom stereocenters. The molecule has 0 aromatic heterocycles. The second-order valence-corrected chi connectivity index (χ2v) is 5.08. The molecule has 0 aromatic carbocycles. The summed E-state index contributed by atoms with van der Waals surface area (Å²) >= 11 is 0. The van der Waals surface area contributed by atoms with Gasteiger partial charge in [0.2, 0.25) is 0 Å². The minimum absolute atomic E-state index is 0.264. The Labute approximate surface area is 107 Å². The van der Waals surface area contributed by atoms with Crippen LogP contribution < -0.4 is 0 Å². The average Bonchev–Trinajstić information content (AvgIpc) is 2.33. The lowest BCUT2D eigenvalue weighted by molar-refractivity contribution is -0.142. The molecule has 0 radical (unpaired) electrons. The number of terminal acetylenes is 3. The van der Waals surface area contributed by atoms with Gasteiger partial charge >= 0.3 is 13.6 Å². The first-order chi connectivity index (χ1) is 8.47. The van der Waals surface area contributed by atoms with Gasteiger partial charge in [-0.05, 0) is 6.92 Å². The molecule has 96 valence electrons. The fraction of sp³-hybridized carbons (Fsp3) is 0.417. The van der Waals surface area contributed by atoms with Gasteiger partial charge in [-0.25, -0.2) is 0 Å². The Morgan fingerprint density at radius 3 is 2.11 bits per heavy atom. The van der Waals surface area contributed by atoms with Crippen LogP contribution in [0.1, 0.15) is 6.92 Å². The van der Waals surface area contributed by atoms with Crippen LogP contribution in [0.25, 0.3) is 0 Å². The van der Waals surface area contributed by atoms with E-state index >= 15 is 0 Å². The van der Waals surface area contributed by atoms with Crippen molar-refractivity contribution in [2.24, 2.45) is 0 Å². The van der Waals surface area contributed by atoms with E-state index in [0.717, 1.165) is 0 Å². The topological polar surface area (TPSA) is 61.8 Å². The number of ether oxygens (including phenoxy) is 1. The lowest BCUT2D eigenvalue weighted by atomic mass is 10.4. The smallest absolute Gasteiger partial charge is 0.343 e. The molecule has 0 amide bonds. The Balaban J connectivity index is 4.55. The van der Waals surface area contributed by atoms with E-state index in [1.165, 1.54) is 6.92 Å². The molecule has 0 rings (SSSR count). The van der Waals surface area contributed by atoms with Gasteiger partial charge in [0.1, 0.15) is 19.4 Å². The fourth-order valence-corrected chi connectivity index (χ4v) is 2.02. The average molecular weight is 268 g/mol. The molecular formula is C12H13O5P. The van der Waals surface area contributed by atoms with Crippen molar-refractivity contribution in [1.29, 1.82) is 0 Å². The van der Waals surface area contributed by atoms with Crippen molar-refractivity contribution in [3.05, 3.63) is 0 Å². The van der Waals surface area contributed by atoms with Crippen LogP contribution in [-0.4, -0.2) is 31.4 Å². The van der Waals surface area contributed by atoms with Crippen LogP contribution in [0.5, 0.6) is 0 Å². The highest BCUT2D eigenvalue weighted by Crippen LogP contribution is 2.47. The summed E-state index contributed by atoms with van der Waals surface area (Å²) in [5, 5.41) is 0. The number of hydrogen-bond donors (Lipinski definition) is 0. The first kappa shape index (κ1) is 16.3. The number of hydrogen-bond acceptors (Lipinski definition) is 5. The molecule has 0 N–H and O–H groups in total. The predicted octanol–water partition coefficient (Wildman–Crippen LogP) is 1.04. The number of esters is 1. The van der Waals surface area contributed by atoms with Crippen molar-refractivity contribution in [3.63, 3.8) is 0 Å². The van der Waals surface area contributed by atoms with Gasteiger partial charge < -0.3 is 4.74 Å². The SMILES string of the molecule is C#CCOP(=O)(CC(=O)OC(C)C#C)OCC#C. The maximum Gasteiger partial charge on any atom is 0.343 e. The summed E-state index contributed by atoms with van der Waals surface area (Å²) in [6, 6.07) is 0. The first-order valence-corrected chi connectivity index (χ1v) is 6.61. The Kier molecular flexibility index (Phi) is 7.61. The van der Waals surface area contributed by atoms with Gasteiger partial charge in [0.05, 0.1) is 0 Å². The van der Waals surface area contributed by atoms with Gasteiger partial charge in [0.15, 0.2) is 6.10 Å². The molecule has 18 heavy (non-hydrogen) atoms. The molecule has 0 spiro atoms. The zero-order chi connectivity index (χ0) is 14.0. The van der Waals surface area contributed by atoms with Crippen LogP contribution in [-0.2, 0) is 23.1 Å². The monoisotopic (exact) mass is 268 g/mol. The van der Waals surface area contributed by atoms with E-state index < -0.39 is 25.8 Å². The van der Waals surface area contributed by atoms with Crippen LogP contribution in [0.15, 0.2) is 0 Å². The van der Waals surface area contributed by atoms with Gasteiger partial charge in [-0.2, -0.15) is 0 Å². The third-order valence-electron chi connectivity index (χ3n) is 1.55. The van der Waals surface area contributed by atoms with Crippen LogP contribution in [0.2, 0.25) is 0 Å². The molecule has 0 aliphatic rings. The molecule has 0 heterocycles. The zero-order valence-corrected chi connectivity index (χ0v) is 10.8. The lowest BCUT2D eigenvalue weighted by Crippen LogP contribution is -2.18. The minimum atomic E-state index is -3.70. The fourth-order valence-electron chi connectivity index (χ4n) is 0.826. The van der Waals surface area contributed by atoms with Crippen LogP contribution >= 0.6 is 7.60 Å².